The number of carbonyl (C=O) groups is 1. The molecule has 1 aliphatic heterocycles. The third-order valence-corrected chi connectivity index (χ3v) is 4.51. The van der Waals surface area contributed by atoms with E-state index in [1.807, 2.05) is 31.2 Å². The quantitative estimate of drug-likeness (QED) is 0.889. The number of halogens is 1. The van der Waals surface area contributed by atoms with Crippen LogP contribution in [0.2, 0.25) is 0 Å². The number of nitrogens with zero attached hydrogens (tertiary/aromatic N) is 3. The molecule has 1 fully saturated rings. The molecule has 2 aromatic rings. The molecule has 0 spiro atoms. The molecule has 0 radical (unpaired) electrons. The van der Waals surface area contributed by atoms with Gasteiger partial charge in [-0.1, -0.05) is 29.8 Å². The molecule has 7 heteroatoms. The van der Waals surface area contributed by atoms with Gasteiger partial charge in [0.15, 0.2) is 0 Å². The second-order valence-electron chi connectivity index (χ2n) is 6.50. The van der Waals surface area contributed by atoms with Crippen molar-refractivity contribution >= 4 is 12.0 Å². The molecule has 1 aromatic heterocycles. The summed E-state index contributed by atoms with van der Waals surface area (Å²) in [5.74, 6) is 0.305. The lowest BCUT2D eigenvalue weighted by molar-refractivity contribution is 0.0544. The molecule has 1 aliphatic rings. The Kier molecular flexibility index (Phi) is 5.99. The number of piperidine rings is 1. The fourth-order valence-electron chi connectivity index (χ4n) is 2.88. The summed E-state index contributed by atoms with van der Waals surface area (Å²) < 4.78 is 19.7. The minimum absolute atomic E-state index is 0.0503. The van der Waals surface area contributed by atoms with Crippen molar-refractivity contribution in [2.75, 3.05) is 25.0 Å². The molecule has 1 N–H and O–H groups in total. The van der Waals surface area contributed by atoms with Crippen LogP contribution in [-0.4, -0.2) is 46.8 Å². The van der Waals surface area contributed by atoms with E-state index in [9.17, 15) is 9.18 Å². The van der Waals surface area contributed by atoms with Gasteiger partial charge in [-0.05, 0) is 25.0 Å². The molecule has 26 heavy (non-hydrogen) atoms. The number of aryl methyl sites for hydroxylation is 1. The standard InChI is InChI=1S/C19H23FN4O2/c1-14-3-5-15(6-4-14)13-26-19(25)24-10-7-16(17(20)12-24)11-23-18-21-8-2-9-22-18/h2-6,8-9,16-17H,7,10-13H2,1H3,(H,21,22,23)/t16-,17?/m1/s1. The largest absolute Gasteiger partial charge is 0.445 e. The number of likely N-dealkylation sites (tertiary alicyclic amines) is 1. The van der Waals surface area contributed by atoms with E-state index in [2.05, 4.69) is 15.3 Å². The summed E-state index contributed by atoms with van der Waals surface area (Å²) in [6.07, 6.45) is 2.27. The Morgan fingerprint density at radius 3 is 2.73 bits per heavy atom. The Bertz CT molecular complexity index is 711. The van der Waals surface area contributed by atoms with Crippen LogP contribution >= 0.6 is 0 Å². The summed E-state index contributed by atoms with van der Waals surface area (Å²) in [4.78, 5) is 21.7. The highest BCUT2D eigenvalue weighted by molar-refractivity contribution is 5.67. The van der Waals surface area contributed by atoms with Gasteiger partial charge in [0, 0.05) is 31.4 Å². The number of hydrogen-bond acceptors (Lipinski definition) is 5. The first kappa shape index (κ1) is 18.1. The van der Waals surface area contributed by atoms with E-state index in [0.29, 0.717) is 25.5 Å². The van der Waals surface area contributed by atoms with Crippen molar-refractivity contribution in [3.05, 3.63) is 53.9 Å². The molecule has 2 heterocycles. The summed E-state index contributed by atoms with van der Waals surface area (Å²) in [5, 5.41) is 3.04. The van der Waals surface area contributed by atoms with E-state index in [1.54, 1.807) is 18.5 Å². The molecule has 6 nitrogen and oxygen atoms in total. The number of ether oxygens (including phenoxy) is 1. The molecule has 1 aromatic carbocycles. The first-order valence-corrected chi connectivity index (χ1v) is 8.74. The molecule has 1 saturated heterocycles. The van der Waals surface area contributed by atoms with Crippen molar-refractivity contribution in [1.29, 1.82) is 0 Å². The van der Waals surface area contributed by atoms with Gasteiger partial charge in [0.2, 0.25) is 5.95 Å². The minimum Gasteiger partial charge on any atom is -0.445 e. The van der Waals surface area contributed by atoms with Crippen molar-refractivity contribution in [2.24, 2.45) is 5.92 Å². The number of hydrogen-bond donors (Lipinski definition) is 1. The predicted molar refractivity (Wildman–Crippen MR) is 96.5 cm³/mol. The lowest BCUT2D eigenvalue weighted by atomic mass is 9.95. The molecule has 1 amide bonds. The van der Waals surface area contributed by atoms with Gasteiger partial charge in [0.1, 0.15) is 12.8 Å². The number of alkyl halides is 1. The Hall–Kier alpha value is -2.70. The average Bonchev–Trinajstić information content (AvgIpc) is 2.67. The van der Waals surface area contributed by atoms with Crippen molar-refractivity contribution in [3.8, 4) is 0 Å². The summed E-state index contributed by atoms with van der Waals surface area (Å²) in [7, 11) is 0. The molecule has 3 rings (SSSR count). The molecule has 0 aliphatic carbocycles. The predicted octanol–water partition coefficient (Wildman–Crippen LogP) is 3.19. The van der Waals surface area contributed by atoms with Gasteiger partial charge < -0.3 is 15.0 Å². The lowest BCUT2D eigenvalue weighted by Crippen LogP contribution is -2.46. The van der Waals surface area contributed by atoms with E-state index in [0.717, 1.165) is 11.1 Å². The Balaban J connectivity index is 1.43. The third kappa shape index (κ3) is 4.91. The van der Waals surface area contributed by atoms with E-state index in [-0.39, 0.29) is 19.1 Å². The van der Waals surface area contributed by atoms with Crippen molar-refractivity contribution < 1.29 is 13.9 Å². The number of amides is 1. The number of benzene rings is 1. The summed E-state index contributed by atoms with van der Waals surface area (Å²) in [5.41, 5.74) is 2.07. The number of aromatic nitrogens is 2. The van der Waals surface area contributed by atoms with Crippen LogP contribution in [0.1, 0.15) is 17.5 Å². The van der Waals surface area contributed by atoms with Gasteiger partial charge in [-0.25, -0.2) is 19.2 Å². The topological polar surface area (TPSA) is 67.3 Å². The summed E-state index contributed by atoms with van der Waals surface area (Å²) >= 11 is 0. The third-order valence-electron chi connectivity index (χ3n) is 4.51. The summed E-state index contributed by atoms with van der Waals surface area (Å²) in [6, 6.07) is 9.50. The van der Waals surface area contributed by atoms with Crippen LogP contribution in [-0.2, 0) is 11.3 Å². The normalized spacial score (nSPS) is 19.8. The highest BCUT2D eigenvalue weighted by Crippen LogP contribution is 2.22. The Labute approximate surface area is 152 Å². The first-order chi connectivity index (χ1) is 12.6. The molecule has 1 unspecified atom stereocenters. The molecular formula is C19H23FN4O2. The highest BCUT2D eigenvalue weighted by Gasteiger charge is 2.32. The molecule has 2 atom stereocenters. The van der Waals surface area contributed by atoms with Crippen LogP contribution in [0, 0.1) is 12.8 Å². The van der Waals surface area contributed by atoms with E-state index in [4.69, 9.17) is 4.74 Å². The maximum atomic E-state index is 14.4. The SMILES string of the molecule is Cc1ccc(COC(=O)N2CC[C@H](CNc3ncccn3)C(F)C2)cc1. The van der Waals surface area contributed by atoms with Crippen LogP contribution in [0.25, 0.3) is 0 Å². The fraction of sp³-hybridized carbons (Fsp3) is 0.421. The van der Waals surface area contributed by atoms with Gasteiger partial charge in [-0.3, -0.25) is 0 Å². The van der Waals surface area contributed by atoms with Gasteiger partial charge in [-0.15, -0.1) is 0 Å². The zero-order valence-electron chi connectivity index (χ0n) is 14.8. The first-order valence-electron chi connectivity index (χ1n) is 8.74. The van der Waals surface area contributed by atoms with Crippen LogP contribution in [0.15, 0.2) is 42.7 Å². The van der Waals surface area contributed by atoms with E-state index < -0.39 is 12.3 Å². The Morgan fingerprint density at radius 2 is 2.04 bits per heavy atom. The molecule has 138 valence electrons. The van der Waals surface area contributed by atoms with Gasteiger partial charge in [-0.2, -0.15) is 0 Å². The number of anilines is 1. The van der Waals surface area contributed by atoms with Crippen LogP contribution in [0.5, 0.6) is 0 Å². The highest BCUT2D eigenvalue weighted by atomic mass is 19.1. The fourth-order valence-corrected chi connectivity index (χ4v) is 2.88. The van der Waals surface area contributed by atoms with Gasteiger partial charge >= 0.3 is 6.09 Å². The molecule has 0 bridgehead atoms. The van der Waals surface area contributed by atoms with E-state index in [1.165, 1.54) is 4.90 Å². The number of rotatable bonds is 5. The second kappa shape index (κ2) is 8.60. The smallest absolute Gasteiger partial charge is 0.410 e. The zero-order valence-corrected chi connectivity index (χ0v) is 14.8. The zero-order chi connectivity index (χ0) is 18.4. The second-order valence-corrected chi connectivity index (χ2v) is 6.50. The van der Waals surface area contributed by atoms with Crippen LogP contribution in [0.3, 0.4) is 0 Å². The van der Waals surface area contributed by atoms with Crippen molar-refractivity contribution in [3.63, 3.8) is 0 Å². The lowest BCUT2D eigenvalue weighted by Gasteiger charge is -2.34. The van der Waals surface area contributed by atoms with E-state index >= 15 is 0 Å². The molecule has 0 saturated carbocycles. The maximum Gasteiger partial charge on any atom is 0.410 e. The van der Waals surface area contributed by atoms with Crippen molar-refractivity contribution in [1.82, 2.24) is 14.9 Å². The number of carbonyl (C=O) groups excluding carboxylic acids is 1. The maximum absolute atomic E-state index is 14.4. The molecular weight excluding hydrogens is 335 g/mol. The number of nitrogens with one attached hydrogen (secondary N) is 1. The van der Waals surface area contributed by atoms with Crippen LogP contribution < -0.4 is 5.32 Å². The minimum atomic E-state index is -1.10. The average molecular weight is 358 g/mol. The van der Waals surface area contributed by atoms with Gasteiger partial charge in [0.25, 0.3) is 0 Å². The van der Waals surface area contributed by atoms with Crippen LogP contribution in [0.4, 0.5) is 15.1 Å². The van der Waals surface area contributed by atoms with Gasteiger partial charge in [0.05, 0.1) is 6.54 Å². The van der Waals surface area contributed by atoms with Crippen molar-refractivity contribution in [2.45, 2.75) is 26.1 Å². The summed E-state index contributed by atoms with van der Waals surface area (Å²) in [6.45, 7) is 3.17. The monoisotopic (exact) mass is 358 g/mol. The Morgan fingerprint density at radius 1 is 1.31 bits per heavy atom.